The molecule has 4 nitrogen and oxygen atoms in total. The summed E-state index contributed by atoms with van der Waals surface area (Å²) < 4.78 is 6.94. The van der Waals surface area contributed by atoms with Crippen LogP contribution in [0.15, 0.2) is 48.5 Å². The fraction of sp³-hybridized carbons (Fsp3) is 0.263. The predicted molar refractivity (Wildman–Crippen MR) is 96.5 cm³/mol. The highest BCUT2D eigenvalue weighted by Gasteiger charge is 2.25. The molecular weight excluding hydrogens is 320 g/mol. The maximum Gasteiger partial charge on any atom is 0.231 e. The van der Waals surface area contributed by atoms with Crippen LogP contribution in [0, 0.1) is 0 Å². The topological polar surface area (TPSA) is 42.4 Å². The van der Waals surface area contributed by atoms with Crippen molar-refractivity contribution >= 4 is 32.6 Å². The van der Waals surface area contributed by atoms with E-state index in [4.69, 9.17) is 4.74 Å². The van der Waals surface area contributed by atoms with E-state index in [-0.39, 0.29) is 12.0 Å². The molecule has 0 radical (unpaired) electrons. The third kappa shape index (κ3) is 2.81. The number of carbonyl (C=O) groups is 1. The summed E-state index contributed by atoms with van der Waals surface area (Å²) in [6, 6.07) is 16.2. The van der Waals surface area contributed by atoms with Crippen LogP contribution in [0.4, 0.5) is 5.13 Å². The number of para-hydroxylation sites is 1. The monoisotopic (exact) mass is 338 g/mol. The molecule has 24 heavy (non-hydrogen) atoms. The number of rotatable bonds is 3. The molecule has 1 aliphatic rings. The largest absolute Gasteiger partial charge is 0.373 e. The first kappa shape index (κ1) is 15.3. The minimum Gasteiger partial charge on any atom is -0.373 e. The highest BCUT2D eigenvalue weighted by molar-refractivity contribution is 7.22. The Kier molecular flexibility index (Phi) is 4.04. The van der Waals surface area contributed by atoms with Crippen molar-refractivity contribution in [2.75, 3.05) is 18.6 Å². The standard InChI is InChI=1S/C19H18N2O2S/c1-21(19-20-15-8-4-5-9-17(15)24-19)18(22)12-16-14-7-3-2-6-13(14)10-11-23-16/h2-9,16H,10-12H2,1H3. The summed E-state index contributed by atoms with van der Waals surface area (Å²) in [6.07, 6.45) is 1.08. The van der Waals surface area contributed by atoms with Gasteiger partial charge in [-0.2, -0.15) is 0 Å². The van der Waals surface area contributed by atoms with Crippen LogP contribution in [0.3, 0.4) is 0 Å². The van der Waals surface area contributed by atoms with E-state index in [9.17, 15) is 4.79 Å². The lowest BCUT2D eigenvalue weighted by Crippen LogP contribution is -2.29. The molecule has 1 unspecified atom stereocenters. The van der Waals surface area contributed by atoms with Gasteiger partial charge in [0, 0.05) is 7.05 Å². The summed E-state index contributed by atoms with van der Waals surface area (Å²) in [5.41, 5.74) is 3.34. The van der Waals surface area contributed by atoms with E-state index in [1.807, 2.05) is 36.4 Å². The lowest BCUT2D eigenvalue weighted by atomic mass is 9.95. The number of benzene rings is 2. The molecular formula is C19H18N2O2S. The molecule has 0 saturated heterocycles. The van der Waals surface area contributed by atoms with E-state index in [2.05, 4.69) is 17.1 Å². The van der Waals surface area contributed by atoms with Crippen LogP contribution in [0.5, 0.6) is 0 Å². The van der Waals surface area contributed by atoms with Crippen molar-refractivity contribution in [1.29, 1.82) is 0 Å². The van der Waals surface area contributed by atoms with Crippen LogP contribution in [0.2, 0.25) is 0 Å². The Morgan fingerprint density at radius 1 is 1.25 bits per heavy atom. The fourth-order valence-corrected chi connectivity index (χ4v) is 4.00. The molecule has 0 aliphatic carbocycles. The molecule has 1 aliphatic heterocycles. The average molecular weight is 338 g/mol. The maximum atomic E-state index is 12.7. The van der Waals surface area contributed by atoms with E-state index in [0.29, 0.717) is 13.0 Å². The fourth-order valence-electron chi connectivity index (χ4n) is 3.05. The van der Waals surface area contributed by atoms with Crippen molar-refractivity contribution < 1.29 is 9.53 Å². The van der Waals surface area contributed by atoms with E-state index in [1.165, 1.54) is 16.9 Å². The normalized spacial score (nSPS) is 16.8. The SMILES string of the molecule is CN(C(=O)CC1OCCc2ccccc21)c1nc2ccccc2s1. The Bertz CT molecular complexity index is 857. The minimum absolute atomic E-state index is 0.0239. The third-order valence-corrected chi connectivity index (χ3v) is 5.51. The second-order valence-electron chi connectivity index (χ2n) is 5.93. The van der Waals surface area contributed by atoms with E-state index in [1.54, 1.807) is 11.9 Å². The Hall–Kier alpha value is -2.24. The molecule has 0 spiro atoms. The number of fused-ring (bicyclic) bond motifs is 2. The number of hydrogen-bond acceptors (Lipinski definition) is 4. The maximum absolute atomic E-state index is 12.7. The highest BCUT2D eigenvalue weighted by atomic mass is 32.1. The lowest BCUT2D eigenvalue weighted by molar-refractivity contribution is -0.121. The Balaban J connectivity index is 1.54. The number of carbonyl (C=O) groups excluding carboxylic acids is 1. The summed E-state index contributed by atoms with van der Waals surface area (Å²) in [5, 5.41) is 0.727. The van der Waals surface area contributed by atoms with Crippen molar-refractivity contribution in [3.63, 3.8) is 0 Å². The molecule has 2 aromatic carbocycles. The van der Waals surface area contributed by atoms with Gasteiger partial charge in [0.05, 0.1) is 29.3 Å². The zero-order valence-corrected chi connectivity index (χ0v) is 14.3. The summed E-state index contributed by atoms with van der Waals surface area (Å²) in [4.78, 5) is 18.9. The van der Waals surface area contributed by atoms with E-state index >= 15 is 0 Å². The summed E-state index contributed by atoms with van der Waals surface area (Å²) in [5.74, 6) is 0.0239. The molecule has 3 aromatic rings. The Morgan fingerprint density at radius 3 is 2.92 bits per heavy atom. The second-order valence-corrected chi connectivity index (χ2v) is 6.94. The van der Waals surface area contributed by atoms with Crippen LogP contribution in [0.25, 0.3) is 10.2 Å². The first-order valence-electron chi connectivity index (χ1n) is 8.04. The first-order valence-corrected chi connectivity index (χ1v) is 8.85. The van der Waals surface area contributed by atoms with E-state index in [0.717, 1.165) is 27.3 Å². The zero-order valence-electron chi connectivity index (χ0n) is 13.4. The number of anilines is 1. The van der Waals surface area contributed by atoms with Crippen LogP contribution in [-0.4, -0.2) is 24.5 Å². The van der Waals surface area contributed by atoms with Gasteiger partial charge < -0.3 is 4.74 Å². The molecule has 2 heterocycles. The predicted octanol–water partition coefficient (Wildman–Crippen LogP) is 3.96. The molecule has 1 atom stereocenters. The number of nitrogens with zero attached hydrogens (tertiary/aromatic N) is 2. The van der Waals surface area contributed by atoms with Gasteiger partial charge in [0.1, 0.15) is 0 Å². The summed E-state index contributed by atoms with van der Waals surface area (Å²) in [7, 11) is 1.79. The van der Waals surface area contributed by atoms with Gasteiger partial charge in [-0.25, -0.2) is 4.98 Å². The quantitative estimate of drug-likeness (QED) is 0.726. The van der Waals surface area contributed by atoms with Crippen LogP contribution < -0.4 is 4.90 Å². The smallest absolute Gasteiger partial charge is 0.231 e. The van der Waals surface area contributed by atoms with Crippen LogP contribution in [0.1, 0.15) is 23.7 Å². The molecule has 0 fully saturated rings. The molecule has 122 valence electrons. The van der Waals surface area contributed by atoms with Gasteiger partial charge in [-0.15, -0.1) is 0 Å². The van der Waals surface area contributed by atoms with Gasteiger partial charge in [0.2, 0.25) is 5.91 Å². The molecule has 0 N–H and O–H groups in total. The molecule has 1 amide bonds. The Labute approximate surface area is 144 Å². The van der Waals surface area contributed by atoms with Gasteiger partial charge in [-0.3, -0.25) is 9.69 Å². The molecule has 0 saturated carbocycles. The Morgan fingerprint density at radius 2 is 2.04 bits per heavy atom. The van der Waals surface area contributed by atoms with Gasteiger partial charge in [0.25, 0.3) is 0 Å². The number of aromatic nitrogens is 1. The number of thiazole rings is 1. The number of ether oxygens (including phenoxy) is 1. The van der Waals surface area contributed by atoms with Gasteiger partial charge in [0.15, 0.2) is 5.13 Å². The van der Waals surface area contributed by atoms with Gasteiger partial charge in [-0.05, 0) is 29.7 Å². The number of amides is 1. The molecule has 0 bridgehead atoms. The van der Waals surface area contributed by atoms with Crippen molar-refractivity contribution in [1.82, 2.24) is 4.98 Å². The van der Waals surface area contributed by atoms with Crippen molar-refractivity contribution in [2.45, 2.75) is 18.9 Å². The molecule has 4 rings (SSSR count). The second kappa shape index (κ2) is 6.34. The van der Waals surface area contributed by atoms with E-state index < -0.39 is 0 Å². The highest BCUT2D eigenvalue weighted by Crippen LogP contribution is 2.32. The summed E-state index contributed by atoms with van der Waals surface area (Å²) >= 11 is 1.53. The summed E-state index contributed by atoms with van der Waals surface area (Å²) in [6.45, 7) is 0.666. The van der Waals surface area contributed by atoms with Crippen LogP contribution in [-0.2, 0) is 16.0 Å². The molecule has 5 heteroatoms. The van der Waals surface area contributed by atoms with Crippen LogP contribution >= 0.6 is 11.3 Å². The third-order valence-electron chi connectivity index (χ3n) is 4.40. The average Bonchev–Trinajstić information content (AvgIpc) is 3.05. The van der Waals surface area contributed by atoms with Crippen molar-refractivity contribution in [3.05, 3.63) is 59.7 Å². The van der Waals surface area contributed by atoms with Crippen molar-refractivity contribution in [3.8, 4) is 0 Å². The van der Waals surface area contributed by atoms with Gasteiger partial charge in [-0.1, -0.05) is 47.7 Å². The van der Waals surface area contributed by atoms with Crippen molar-refractivity contribution in [2.24, 2.45) is 0 Å². The minimum atomic E-state index is -0.167. The first-order chi connectivity index (χ1) is 11.7. The zero-order chi connectivity index (χ0) is 16.5. The van der Waals surface area contributed by atoms with Gasteiger partial charge >= 0.3 is 0 Å². The lowest BCUT2D eigenvalue weighted by Gasteiger charge is -2.26. The number of hydrogen-bond donors (Lipinski definition) is 0. The molecule has 1 aromatic heterocycles.